The quantitative estimate of drug-likeness (QED) is 0.607. The topological polar surface area (TPSA) is 0 Å². The molecule has 1 radical (unpaired) electrons. The van der Waals surface area contributed by atoms with Gasteiger partial charge in [0.2, 0.25) is 5.83 Å². The van der Waals surface area contributed by atoms with Crippen molar-refractivity contribution in [3.8, 4) is 0 Å². The van der Waals surface area contributed by atoms with Crippen molar-refractivity contribution in [3.05, 3.63) is 18.1 Å². The fraction of sp³-hybridized carbons (Fsp3) is 0.500. The standard InChI is InChI=1S/C6H4F7/c1-2(6(11,12)13)3(7)4(8)5(9)10/h2H,1H3. The SMILES string of the molecule is CC(C(F)=C(F)[C](F)F)C(F)(F)F. The average Bonchev–Trinajstić information content (AvgIpc) is 1.98. The molecule has 1 unspecified atom stereocenters. The summed E-state index contributed by atoms with van der Waals surface area (Å²) in [5.74, 6) is -8.12. The molecule has 0 fully saturated rings. The highest BCUT2D eigenvalue weighted by atomic mass is 19.4. The van der Waals surface area contributed by atoms with Gasteiger partial charge in [-0.25, -0.2) is 8.78 Å². The second kappa shape index (κ2) is 3.97. The van der Waals surface area contributed by atoms with Crippen molar-refractivity contribution in [2.75, 3.05) is 0 Å². The fourth-order valence-corrected chi connectivity index (χ4v) is 0.424. The van der Waals surface area contributed by atoms with E-state index < -0.39 is 30.2 Å². The van der Waals surface area contributed by atoms with Crippen LogP contribution in [0.3, 0.4) is 0 Å². The number of hydrogen-bond acceptors (Lipinski definition) is 0. The molecule has 0 aromatic carbocycles. The largest absolute Gasteiger partial charge is 0.397 e. The van der Waals surface area contributed by atoms with Crippen molar-refractivity contribution < 1.29 is 30.7 Å². The van der Waals surface area contributed by atoms with Gasteiger partial charge in [0.05, 0.1) is 0 Å². The molecule has 0 aromatic rings. The van der Waals surface area contributed by atoms with Crippen LogP contribution in [0, 0.1) is 12.3 Å². The van der Waals surface area contributed by atoms with Crippen LogP contribution in [0.5, 0.6) is 0 Å². The van der Waals surface area contributed by atoms with Gasteiger partial charge in [-0.3, -0.25) is 0 Å². The summed E-state index contributed by atoms with van der Waals surface area (Å²) in [6.07, 6.45) is -8.18. The number of allylic oxidation sites excluding steroid dienone is 2. The molecule has 7 heteroatoms. The summed E-state index contributed by atoms with van der Waals surface area (Å²) < 4.78 is 81.6. The molecule has 0 nitrogen and oxygen atoms in total. The Kier molecular flexibility index (Phi) is 3.74. The molecule has 0 aliphatic heterocycles. The highest BCUT2D eigenvalue weighted by molar-refractivity contribution is 5.13. The molecule has 0 N–H and O–H groups in total. The number of rotatable bonds is 2. The van der Waals surface area contributed by atoms with E-state index in [0.29, 0.717) is 0 Å². The molecule has 0 bridgehead atoms. The van der Waals surface area contributed by atoms with Gasteiger partial charge >= 0.3 is 12.6 Å². The lowest BCUT2D eigenvalue weighted by atomic mass is 10.1. The zero-order valence-corrected chi connectivity index (χ0v) is 6.22. The Labute approximate surface area is 69.0 Å². The van der Waals surface area contributed by atoms with Crippen molar-refractivity contribution in [2.24, 2.45) is 5.92 Å². The summed E-state index contributed by atoms with van der Waals surface area (Å²) in [6.45, 7) is 0.248. The molecule has 1 atom stereocenters. The Morgan fingerprint density at radius 1 is 1.00 bits per heavy atom. The van der Waals surface area contributed by atoms with E-state index >= 15 is 0 Å². The minimum atomic E-state index is -5.07. The third-order valence-electron chi connectivity index (χ3n) is 1.25. The summed E-state index contributed by atoms with van der Waals surface area (Å²) >= 11 is 0. The van der Waals surface area contributed by atoms with E-state index in [2.05, 4.69) is 0 Å². The van der Waals surface area contributed by atoms with Crippen molar-refractivity contribution in [1.29, 1.82) is 0 Å². The van der Waals surface area contributed by atoms with Crippen LogP contribution in [0.4, 0.5) is 30.7 Å². The Morgan fingerprint density at radius 2 is 1.38 bits per heavy atom. The molecule has 0 saturated heterocycles. The third kappa shape index (κ3) is 3.23. The van der Waals surface area contributed by atoms with Gasteiger partial charge in [-0.05, 0) is 6.92 Å². The predicted molar refractivity (Wildman–Crippen MR) is 29.9 cm³/mol. The normalized spacial score (nSPS) is 17.3. The number of hydrogen-bond donors (Lipinski definition) is 0. The lowest BCUT2D eigenvalue weighted by molar-refractivity contribution is -0.164. The minimum absolute atomic E-state index is 0.248. The van der Waals surface area contributed by atoms with Crippen LogP contribution in [0.15, 0.2) is 11.7 Å². The van der Waals surface area contributed by atoms with E-state index in [4.69, 9.17) is 0 Å². The van der Waals surface area contributed by atoms with Crippen LogP contribution in [-0.2, 0) is 0 Å². The van der Waals surface area contributed by atoms with Crippen LogP contribution in [0.25, 0.3) is 0 Å². The summed E-state index contributed by atoms with van der Waals surface area (Å²) in [5, 5.41) is 0. The highest BCUT2D eigenvalue weighted by Gasteiger charge is 2.42. The summed E-state index contributed by atoms with van der Waals surface area (Å²) in [4.78, 5) is 0. The van der Waals surface area contributed by atoms with Gasteiger partial charge < -0.3 is 0 Å². The first-order valence-corrected chi connectivity index (χ1v) is 2.98. The molecule has 13 heavy (non-hydrogen) atoms. The van der Waals surface area contributed by atoms with Gasteiger partial charge in [0, 0.05) is 0 Å². The third-order valence-corrected chi connectivity index (χ3v) is 1.25. The molecular weight excluding hydrogens is 205 g/mol. The van der Waals surface area contributed by atoms with Crippen molar-refractivity contribution in [2.45, 2.75) is 13.1 Å². The molecule has 0 spiro atoms. The highest BCUT2D eigenvalue weighted by Crippen LogP contribution is 2.36. The average molecular weight is 209 g/mol. The fourth-order valence-electron chi connectivity index (χ4n) is 0.424. The van der Waals surface area contributed by atoms with Crippen LogP contribution in [0.1, 0.15) is 6.92 Å². The lowest BCUT2D eigenvalue weighted by Gasteiger charge is -2.13. The maximum atomic E-state index is 12.2. The zero-order chi connectivity index (χ0) is 10.8. The van der Waals surface area contributed by atoms with Crippen LogP contribution >= 0.6 is 0 Å². The molecule has 77 valence electrons. The van der Waals surface area contributed by atoms with E-state index in [9.17, 15) is 30.7 Å². The molecule has 0 aliphatic carbocycles. The first-order chi connectivity index (χ1) is 5.68. The number of halogens is 7. The van der Waals surface area contributed by atoms with Crippen LogP contribution in [0.2, 0.25) is 0 Å². The van der Waals surface area contributed by atoms with E-state index in [1.165, 1.54) is 0 Å². The summed E-state index contributed by atoms with van der Waals surface area (Å²) in [5.41, 5.74) is 0. The van der Waals surface area contributed by atoms with Gasteiger partial charge in [0.25, 0.3) is 0 Å². The molecule has 0 saturated carbocycles. The summed E-state index contributed by atoms with van der Waals surface area (Å²) in [6, 6.07) is 0. The van der Waals surface area contributed by atoms with Gasteiger partial charge in [-0.2, -0.15) is 22.0 Å². The van der Waals surface area contributed by atoms with E-state index in [1.807, 2.05) is 0 Å². The maximum absolute atomic E-state index is 12.2. The molecule has 0 rings (SSSR count). The monoisotopic (exact) mass is 209 g/mol. The predicted octanol–water partition coefficient (Wildman–Crippen LogP) is 3.76. The first kappa shape index (κ1) is 12.2. The van der Waals surface area contributed by atoms with Gasteiger partial charge in [-0.15, -0.1) is 0 Å². The lowest BCUT2D eigenvalue weighted by Crippen LogP contribution is -2.21. The molecular formula is C6H4F7. The van der Waals surface area contributed by atoms with Gasteiger partial charge in [-0.1, -0.05) is 0 Å². The van der Waals surface area contributed by atoms with E-state index in [0.717, 1.165) is 0 Å². The molecule has 0 heterocycles. The second-order valence-corrected chi connectivity index (χ2v) is 2.19. The van der Waals surface area contributed by atoms with Crippen molar-refractivity contribution >= 4 is 0 Å². The van der Waals surface area contributed by atoms with Crippen LogP contribution < -0.4 is 0 Å². The number of alkyl halides is 3. The summed E-state index contributed by atoms with van der Waals surface area (Å²) in [7, 11) is 0. The Balaban J connectivity index is 4.78. The molecule has 0 aliphatic rings. The molecule has 0 aromatic heterocycles. The maximum Gasteiger partial charge on any atom is 0.397 e. The minimum Gasteiger partial charge on any atom is -0.208 e. The second-order valence-electron chi connectivity index (χ2n) is 2.19. The van der Waals surface area contributed by atoms with E-state index in [-0.39, 0.29) is 6.92 Å². The van der Waals surface area contributed by atoms with Gasteiger partial charge in [0.1, 0.15) is 11.7 Å². The molecule has 0 amide bonds. The van der Waals surface area contributed by atoms with Crippen molar-refractivity contribution in [1.82, 2.24) is 0 Å². The smallest absolute Gasteiger partial charge is 0.208 e. The zero-order valence-electron chi connectivity index (χ0n) is 6.22. The van der Waals surface area contributed by atoms with Crippen molar-refractivity contribution in [3.63, 3.8) is 0 Å². The Bertz CT molecular complexity index is 202. The Hall–Kier alpha value is -0.750. The van der Waals surface area contributed by atoms with Crippen LogP contribution in [-0.4, -0.2) is 6.18 Å². The van der Waals surface area contributed by atoms with Gasteiger partial charge in [0.15, 0.2) is 0 Å². The van der Waals surface area contributed by atoms with E-state index in [1.54, 1.807) is 0 Å². The first-order valence-electron chi connectivity index (χ1n) is 2.98. The Morgan fingerprint density at radius 3 is 1.62 bits per heavy atom.